The van der Waals surface area contributed by atoms with Crippen LogP contribution in [0.5, 0.6) is 0 Å². The molecule has 0 saturated heterocycles. The van der Waals surface area contributed by atoms with E-state index in [9.17, 15) is 4.39 Å². The summed E-state index contributed by atoms with van der Waals surface area (Å²) in [5.41, 5.74) is 1.05. The SMILES string of the molecule is CC(Cc1cccc(F)c1)NC1CCCC1n1ccnc1. The number of nitrogens with zero attached hydrogens (tertiary/aromatic N) is 2. The highest BCUT2D eigenvalue weighted by Crippen LogP contribution is 2.30. The Morgan fingerprint density at radius 1 is 1.43 bits per heavy atom. The number of halogens is 1. The van der Waals surface area contributed by atoms with Crippen LogP contribution in [0.15, 0.2) is 43.0 Å². The van der Waals surface area contributed by atoms with E-state index < -0.39 is 0 Å². The molecule has 3 atom stereocenters. The van der Waals surface area contributed by atoms with Gasteiger partial charge in [-0.05, 0) is 50.3 Å². The zero-order valence-electron chi connectivity index (χ0n) is 12.4. The predicted octanol–water partition coefficient (Wildman–Crippen LogP) is 3.34. The van der Waals surface area contributed by atoms with Crippen LogP contribution in [-0.2, 0) is 6.42 Å². The van der Waals surface area contributed by atoms with Gasteiger partial charge >= 0.3 is 0 Å². The maximum Gasteiger partial charge on any atom is 0.123 e. The zero-order valence-corrected chi connectivity index (χ0v) is 12.4. The van der Waals surface area contributed by atoms with Gasteiger partial charge in [-0.25, -0.2) is 9.37 Å². The molecule has 3 rings (SSSR count). The second kappa shape index (κ2) is 6.39. The first kappa shape index (κ1) is 14.3. The van der Waals surface area contributed by atoms with E-state index in [4.69, 9.17) is 0 Å². The maximum absolute atomic E-state index is 13.2. The van der Waals surface area contributed by atoms with E-state index in [-0.39, 0.29) is 5.82 Å². The molecule has 0 aliphatic heterocycles. The Labute approximate surface area is 125 Å². The summed E-state index contributed by atoms with van der Waals surface area (Å²) in [6.07, 6.45) is 10.3. The summed E-state index contributed by atoms with van der Waals surface area (Å²) in [6.45, 7) is 2.17. The smallest absolute Gasteiger partial charge is 0.123 e. The van der Waals surface area contributed by atoms with Crippen LogP contribution in [-0.4, -0.2) is 21.6 Å². The summed E-state index contributed by atoms with van der Waals surface area (Å²) < 4.78 is 15.4. The lowest BCUT2D eigenvalue weighted by Gasteiger charge is -2.26. The molecule has 4 heteroatoms. The third-order valence-electron chi connectivity index (χ3n) is 4.32. The summed E-state index contributed by atoms with van der Waals surface area (Å²) >= 11 is 0. The third kappa shape index (κ3) is 3.50. The number of rotatable bonds is 5. The molecular weight excluding hydrogens is 265 g/mol. The molecule has 3 nitrogen and oxygen atoms in total. The summed E-state index contributed by atoms with van der Waals surface area (Å²) in [5, 5.41) is 3.71. The Morgan fingerprint density at radius 2 is 2.33 bits per heavy atom. The van der Waals surface area contributed by atoms with E-state index in [2.05, 4.69) is 21.8 Å². The minimum Gasteiger partial charge on any atom is -0.333 e. The molecule has 1 aliphatic carbocycles. The van der Waals surface area contributed by atoms with Crippen LogP contribution >= 0.6 is 0 Å². The Morgan fingerprint density at radius 3 is 3.10 bits per heavy atom. The van der Waals surface area contributed by atoms with E-state index in [0.29, 0.717) is 18.1 Å². The van der Waals surface area contributed by atoms with E-state index in [1.54, 1.807) is 12.1 Å². The highest BCUT2D eigenvalue weighted by Gasteiger charge is 2.29. The fraction of sp³-hybridized carbons (Fsp3) is 0.471. The van der Waals surface area contributed by atoms with Crippen molar-refractivity contribution in [1.29, 1.82) is 0 Å². The largest absolute Gasteiger partial charge is 0.333 e. The quantitative estimate of drug-likeness (QED) is 0.914. The molecule has 112 valence electrons. The van der Waals surface area contributed by atoms with Crippen molar-refractivity contribution >= 4 is 0 Å². The van der Waals surface area contributed by atoms with E-state index in [1.165, 1.54) is 25.3 Å². The molecule has 3 unspecified atom stereocenters. The standard InChI is InChI=1S/C17H22FN3/c1-13(10-14-4-2-5-15(18)11-14)20-16-6-3-7-17(16)21-9-8-19-12-21/h2,4-5,8-9,11-13,16-17,20H,3,6-7,10H2,1H3. The summed E-state index contributed by atoms with van der Waals surface area (Å²) in [7, 11) is 0. The summed E-state index contributed by atoms with van der Waals surface area (Å²) in [5.74, 6) is -0.156. The number of hydrogen-bond donors (Lipinski definition) is 1. The highest BCUT2D eigenvalue weighted by molar-refractivity contribution is 5.17. The minimum absolute atomic E-state index is 0.156. The van der Waals surface area contributed by atoms with Crippen molar-refractivity contribution in [2.24, 2.45) is 0 Å². The van der Waals surface area contributed by atoms with Gasteiger partial charge in [0.1, 0.15) is 5.82 Å². The van der Waals surface area contributed by atoms with Gasteiger partial charge in [0.15, 0.2) is 0 Å². The molecule has 1 heterocycles. The van der Waals surface area contributed by atoms with Crippen LogP contribution < -0.4 is 5.32 Å². The van der Waals surface area contributed by atoms with Crippen LogP contribution in [0.25, 0.3) is 0 Å². The van der Waals surface area contributed by atoms with Gasteiger partial charge in [0.05, 0.1) is 6.33 Å². The molecule has 1 N–H and O–H groups in total. The monoisotopic (exact) mass is 287 g/mol. The molecule has 1 saturated carbocycles. The van der Waals surface area contributed by atoms with Crippen molar-refractivity contribution in [1.82, 2.24) is 14.9 Å². The van der Waals surface area contributed by atoms with Gasteiger partial charge < -0.3 is 9.88 Å². The van der Waals surface area contributed by atoms with Crippen molar-refractivity contribution in [3.05, 3.63) is 54.4 Å². The average Bonchev–Trinajstić information content (AvgIpc) is 3.08. The fourth-order valence-corrected chi connectivity index (χ4v) is 3.40. The maximum atomic E-state index is 13.2. The van der Waals surface area contributed by atoms with Crippen LogP contribution in [0.1, 0.15) is 37.8 Å². The lowest BCUT2D eigenvalue weighted by Crippen LogP contribution is -2.40. The Balaban J connectivity index is 1.60. The van der Waals surface area contributed by atoms with Crippen LogP contribution in [0.4, 0.5) is 4.39 Å². The Kier molecular flexibility index (Phi) is 4.34. The van der Waals surface area contributed by atoms with E-state index in [1.807, 2.05) is 24.8 Å². The number of benzene rings is 1. The van der Waals surface area contributed by atoms with Crippen molar-refractivity contribution in [2.45, 2.75) is 50.7 Å². The van der Waals surface area contributed by atoms with Gasteiger partial charge in [-0.3, -0.25) is 0 Å². The van der Waals surface area contributed by atoms with Gasteiger partial charge in [-0.2, -0.15) is 0 Å². The molecule has 1 aromatic carbocycles. The minimum atomic E-state index is -0.156. The topological polar surface area (TPSA) is 29.9 Å². The van der Waals surface area contributed by atoms with Gasteiger partial charge in [0, 0.05) is 30.5 Å². The Hall–Kier alpha value is -1.68. The third-order valence-corrected chi connectivity index (χ3v) is 4.32. The van der Waals surface area contributed by atoms with E-state index in [0.717, 1.165) is 12.0 Å². The first-order valence-electron chi connectivity index (χ1n) is 7.70. The molecule has 0 spiro atoms. The van der Waals surface area contributed by atoms with Crippen LogP contribution in [0.2, 0.25) is 0 Å². The molecule has 0 bridgehead atoms. The second-order valence-electron chi connectivity index (χ2n) is 6.02. The number of imidazole rings is 1. The first-order valence-corrected chi connectivity index (χ1v) is 7.70. The van der Waals surface area contributed by atoms with Crippen molar-refractivity contribution < 1.29 is 4.39 Å². The molecule has 1 fully saturated rings. The van der Waals surface area contributed by atoms with Crippen LogP contribution in [0.3, 0.4) is 0 Å². The predicted molar refractivity (Wildman–Crippen MR) is 81.6 cm³/mol. The lowest BCUT2D eigenvalue weighted by atomic mass is 10.0. The van der Waals surface area contributed by atoms with Crippen molar-refractivity contribution in [2.75, 3.05) is 0 Å². The number of aromatic nitrogens is 2. The second-order valence-corrected chi connectivity index (χ2v) is 6.02. The van der Waals surface area contributed by atoms with Crippen molar-refractivity contribution in [3.63, 3.8) is 0 Å². The Bertz CT molecular complexity index is 567. The molecule has 0 radical (unpaired) electrons. The number of hydrogen-bond acceptors (Lipinski definition) is 2. The van der Waals surface area contributed by atoms with Gasteiger partial charge in [0.2, 0.25) is 0 Å². The summed E-state index contributed by atoms with van der Waals surface area (Å²) in [6, 6.07) is 8.18. The van der Waals surface area contributed by atoms with Crippen molar-refractivity contribution in [3.8, 4) is 0 Å². The average molecular weight is 287 g/mol. The van der Waals surface area contributed by atoms with Gasteiger partial charge in [0.25, 0.3) is 0 Å². The lowest BCUT2D eigenvalue weighted by molar-refractivity contribution is 0.358. The van der Waals surface area contributed by atoms with Crippen LogP contribution in [0, 0.1) is 5.82 Å². The normalized spacial score (nSPS) is 23.3. The summed E-state index contributed by atoms with van der Waals surface area (Å²) in [4.78, 5) is 4.15. The first-order chi connectivity index (χ1) is 10.2. The number of nitrogens with one attached hydrogen (secondary N) is 1. The molecule has 21 heavy (non-hydrogen) atoms. The van der Waals surface area contributed by atoms with Gasteiger partial charge in [-0.15, -0.1) is 0 Å². The molecule has 0 amide bonds. The van der Waals surface area contributed by atoms with E-state index >= 15 is 0 Å². The molecule has 1 aromatic heterocycles. The highest BCUT2D eigenvalue weighted by atomic mass is 19.1. The fourth-order valence-electron chi connectivity index (χ4n) is 3.40. The zero-order chi connectivity index (χ0) is 14.7. The molecular formula is C17H22FN3. The van der Waals surface area contributed by atoms with Gasteiger partial charge in [-0.1, -0.05) is 12.1 Å². The molecule has 2 aromatic rings. The molecule has 1 aliphatic rings.